The molecule has 0 radical (unpaired) electrons. The normalized spacial score (nSPS) is 20.9. The molecule has 0 aromatic carbocycles. The van der Waals surface area contributed by atoms with Gasteiger partial charge in [0.05, 0.1) is 19.8 Å². The van der Waals surface area contributed by atoms with E-state index in [1.807, 2.05) is 20.8 Å². The Labute approximate surface area is 121 Å². The third-order valence-electron chi connectivity index (χ3n) is 3.40. The summed E-state index contributed by atoms with van der Waals surface area (Å²) in [5, 5.41) is 6.01. The molecule has 1 fully saturated rings. The lowest BCUT2D eigenvalue weighted by Crippen LogP contribution is -2.58. The second-order valence-corrected chi connectivity index (χ2v) is 5.53. The van der Waals surface area contributed by atoms with Gasteiger partial charge in [0.1, 0.15) is 6.04 Å². The van der Waals surface area contributed by atoms with E-state index >= 15 is 0 Å². The van der Waals surface area contributed by atoms with Crippen LogP contribution < -0.4 is 10.6 Å². The molecule has 20 heavy (non-hydrogen) atoms. The van der Waals surface area contributed by atoms with Gasteiger partial charge in [-0.05, 0) is 27.2 Å². The first-order valence-corrected chi connectivity index (χ1v) is 7.36. The Bertz CT molecular complexity index is 334. The largest absolute Gasteiger partial charge is 0.377 e. The third kappa shape index (κ3) is 5.09. The van der Waals surface area contributed by atoms with Crippen LogP contribution in [0.1, 0.15) is 34.1 Å². The van der Waals surface area contributed by atoms with Crippen LogP contribution in [0.5, 0.6) is 0 Å². The molecule has 0 aromatic heterocycles. The Morgan fingerprint density at radius 3 is 2.65 bits per heavy atom. The molecule has 0 aliphatic carbocycles. The minimum Gasteiger partial charge on any atom is -0.377 e. The molecule has 1 rings (SSSR count). The van der Waals surface area contributed by atoms with E-state index < -0.39 is 6.04 Å². The van der Waals surface area contributed by atoms with Gasteiger partial charge in [0, 0.05) is 18.6 Å². The van der Waals surface area contributed by atoms with E-state index in [1.165, 1.54) is 0 Å². The van der Waals surface area contributed by atoms with E-state index in [-0.39, 0.29) is 31.0 Å². The van der Waals surface area contributed by atoms with Gasteiger partial charge in [-0.1, -0.05) is 6.92 Å². The van der Waals surface area contributed by atoms with Crippen molar-refractivity contribution in [2.45, 2.75) is 52.2 Å². The minimum absolute atomic E-state index is 0.0440. The third-order valence-corrected chi connectivity index (χ3v) is 3.40. The van der Waals surface area contributed by atoms with Crippen LogP contribution in [0.3, 0.4) is 0 Å². The topological polar surface area (TPSA) is 70.7 Å². The van der Waals surface area contributed by atoms with Crippen LogP contribution >= 0.6 is 0 Å². The SMILES string of the molecule is CCC(C)NCC(=O)N1CCOCC1C(=O)NC(C)C. The van der Waals surface area contributed by atoms with Gasteiger partial charge in [-0.3, -0.25) is 9.59 Å². The number of carbonyl (C=O) groups excluding carboxylic acids is 2. The molecule has 2 N–H and O–H groups in total. The first-order valence-electron chi connectivity index (χ1n) is 7.36. The summed E-state index contributed by atoms with van der Waals surface area (Å²) in [4.78, 5) is 26.0. The Balaban J connectivity index is 2.59. The van der Waals surface area contributed by atoms with Gasteiger partial charge in [0.15, 0.2) is 0 Å². The zero-order valence-electron chi connectivity index (χ0n) is 12.9. The lowest BCUT2D eigenvalue weighted by Gasteiger charge is -2.35. The number of nitrogens with zero attached hydrogens (tertiary/aromatic N) is 1. The molecule has 0 bridgehead atoms. The van der Waals surface area contributed by atoms with Crippen molar-refractivity contribution < 1.29 is 14.3 Å². The number of carbonyl (C=O) groups is 2. The fourth-order valence-electron chi connectivity index (χ4n) is 2.01. The second-order valence-electron chi connectivity index (χ2n) is 5.53. The monoisotopic (exact) mass is 285 g/mol. The summed E-state index contributed by atoms with van der Waals surface area (Å²) in [5.41, 5.74) is 0. The Morgan fingerprint density at radius 1 is 1.35 bits per heavy atom. The molecule has 6 heteroatoms. The molecular weight excluding hydrogens is 258 g/mol. The van der Waals surface area contributed by atoms with Gasteiger partial charge >= 0.3 is 0 Å². The molecule has 0 spiro atoms. The fourth-order valence-corrected chi connectivity index (χ4v) is 2.01. The molecule has 1 heterocycles. The lowest BCUT2D eigenvalue weighted by molar-refractivity contribution is -0.148. The first-order chi connectivity index (χ1) is 9.45. The maximum atomic E-state index is 12.2. The van der Waals surface area contributed by atoms with E-state index in [4.69, 9.17) is 4.74 Å². The van der Waals surface area contributed by atoms with Crippen LogP contribution in [0.25, 0.3) is 0 Å². The summed E-state index contributed by atoms with van der Waals surface area (Å²) in [6.07, 6.45) is 0.966. The zero-order chi connectivity index (χ0) is 15.1. The fraction of sp³-hybridized carbons (Fsp3) is 0.857. The van der Waals surface area contributed by atoms with E-state index in [0.29, 0.717) is 19.2 Å². The van der Waals surface area contributed by atoms with Crippen molar-refractivity contribution in [1.82, 2.24) is 15.5 Å². The van der Waals surface area contributed by atoms with Crippen molar-refractivity contribution in [3.8, 4) is 0 Å². The Hall–Kier alpha value is -1.14. The number of hydrogen-bond donors (Lipinski definition) is 2. The average Bonchev–Trinajstić information content (AvgIpc) is 2.43. The zero-order valence-corrected chi connectivity index (χ0v) is 12.9. The summed E-state index contributed by atoms with van der Waals surface area (Å²) in [6.45, 7) is 9.40. The van der Waals surface area contributed by atoms with E-state index in [0.717, 1.165) is 6.42 Å². The van der Waals surface area contributed by atoms with E-state index in [9.17, 15) is 9.59 Å². The highest BCUT2D eigenvalue weighted by Crippen LogP contribution is 2.08. The van der Waals surface area contributed by atoms with E-state index in [2.05, 4.69) is 17.6 Å². The highest BCUT2D eigenvalue weighted by molar-refractivity contribution is 5.88. The van der Waals surface area contributed by atoms with E-state index in [1.54, 1.807) is 4.90 Å². The van der Waals surface area contributed by atoms with Gasteiger partial charge in [0.25, 0.3) is 0 Å². The molecular formula is C14H27N3O3. The number of hydrogen-bond acceptors (Lipinski definition) is 4. The van der Waals surface area contributed by atoms with Gasteiger partial charge in [-0.25, -0.2) is 0 Å². The predicted octanol–water partition coefficient (Wildman–Crippen LogP) is 0.127. The summed E-state index contributed by atoms with van der Waals surface area (Å²) in [7, 11) is 0. The number of amides is 2. The van der Waals surface area contributed by atoms with Gasteiger partial charge in [-0.2, -0.15) is 0 Å². The average molecular weight is 285 g/mol. The molecule has 6 nitrogen and oxygen atoms in total. The Kier molecular flexibility index (Phi) is 6.95. The molecule has 1 saturated heterocycles. The quantitative estimate of drug-likeness (QED) is 0.727. The molecule has 1 aliphatic heterocycles. The number of morpholine rings is 1. The van der Waals surface area contributed by atoms with Crippen molar-refractivity contribution >= 4 is 11.8 Å². The summed E-state index contributed by atoms with van der Waals surface area (Å²) in [6, 6.07) is -0.167. The first kappa shape index (κ1) is 16.9. The molecule has 1 aliphatic rings. The maximum Gasteiger partial charge on any atom is 0.245 e. The van der Waals surface area contributed by atoms with Crippen LogP contribution in [-0.4, -0.2) is 61.1 Å². The molecule has 2 amide bonds. The van der Waals surface area contributed by atoms with Crippen LogP contribution in [0, 0.1) is 0 Å². The molecule has 2 unspecified atom stereocenters. The van der Waals surface area contributed by atoms with Crippen LogP contribution in [0.15, 0.2) is 0 Å². The van der Waals surface area contributed by atoms with Gasteiger partial charge in [0.2, 0.25) is 11.8 Å². The summed E-state index contributed by atoms with van der Waals surface area (Å²) >= 11 is 0. The predicted molar refractivity (Wildman–Crippen MR) is 77.4 cm³/mol. The smallest absolute Gasteiger partial charge is 0.245 e. The van der Waals surface area contributed by atoms with Crippen LogP contribution in [-0.2, 0) is 14.3 Å². The Morgan fingerprint density at radius 2 is 2.05 bits per heavy atom. The second kappa shape index (κ2) is 8.21. The van der Waals surface area contributed by atoms with Crippen molar-refractivity contribution in [1.29, 1.82) is 0 Å². The van der Waals surface area contributed by atoms with Crippen molar-refractivity contribution in [3.63, 3.8) is 0 Å². The minimum atomic E-state index is -0.516. The molecule has 0 aromatic rings. The highest BCUT2D eigenvalue weighted by atomic mass is 16.5. The van der Waals surface area contributed by atoms with Crippen molar-refractivity contribution in [2.75, 3.05) is 26.3 Å². The van der Waals surface area contributed by atoms with Crippen molar-refractivity contribution in [3.05, 3.63) is 0 Å². The van der Waals surface area contributed by atoms with Crippen molar-refractivity contribution in [2.24, 2.45) is 0 Å². The molecule has 2 atom stereocenters. The molecule has 0 saturated carbocycles. The van der Waals surface area contributed by atoms with Gasteiger partial charge < -0.3 is 20.3 Å². The summed E-state index contributed by atoms with van der Waals surface area (Å²) in [5.74, 6) is -0.186. The van der Waals surface area contributed by atoms with Gasteiger partial charge in [-0.15, -0.1) is 0 Å². The van der Waals surface area contributed by atoms with Crippen LogP contribution in [0.4, 0.5) is 0 Å². The highest BCUT2D eigenvalue weighted by Gasteiger charge is 2.32. The number of ether oxygens (including phenoxy) is 1. The number of rotatable bonds is 6. The number of nitrogens with one attached hydrogen (secondary N) is 2. The maximum absolute atomic E-state index is 12.2. The van der Waals surface area contributed by atoms with Crippen LogP contribution in [0.2, 0.25) is 0 Å². The molecule has 116 valence electrons. The summed E-state index contributed by atoms with van der Waals surface area (Å²) < 4.78 is 5.34. The lowest BCUT2D eigenvalue weighted by atomic mass is 10.2. The standard InChI is InChI=1S/C14H27N3O3/c1-5-11(4)15-8-13(18)17-6-7-20-9-12(17)14(19)16-10(2)3/h10-12,15H,5-9H2,1-4H3,(H,16,19).